The minimum Gasteiger partial charge on any atom is -0.313 e. The van der Waals surface area contributed by atoms with Crippen molar-refractivity contribution in [3.05, 3.63) is 48.2 Å². The van der Waals surface area contributed by atoms with Crippen LogP contribution in [0.4, 0.5) is 0 Å². The molecule has 1 heterocycles. The maximum absolute atomic E-state index is 11.4. The van der Waals surface area contributed by atoms with Crippen LogP contribution in [0.3, 0.4) is 0 Å². The van der Waals surface area contributed by atoms with Crippen molar-refractivity contribution in [2.75, 3.05) is 13.3 Å². The average molecular weight is 322 g/mol. The number of hydrogen-bond acceptors (Lipinski definition) is 5. The van der Waals surface area contributed by atoms with Crippen molar-refractivity contribution in [3.63, 3.8) is 0 Å². The Morgan fingerprint density at radius 1 is 1.14 bits per heavy atom. The van der Waals surface area contributed by atoms with Gasteiger partial charge in [-0.3, -0.25) is 0 Å². The molecule has 1 atom stereocenters. The Hall–Kier alpha value is -1.37. The van der Waals surface area contributed by atoms with E-state index in [0.29, 0.717) is 4.90 Å². The molecule has 2 aromatic rings. The van der Waals surface area contributed by atoms with E-state index in [2.05, 4.69) is 17.2 Å². The molecule has 4 nitrogen and oxygen atoms in total. The third-order valence-electron chi connectivity index (χ3n) is 3.17. The lowest BCUT2D eigenvalue weighted by Gasteiger charge is -2.10. The van der Waals surface area contributed by atoms with E-state index in [4.69, 9.17) is 0 Å². The number of pyridine rings is 1. The number of nitrogens with one attached hydrogen (secondary N) is 1. The Morgan fingerprint density at radius 3 is 2.29 bits per heavy atom. The maximum atomic E-state index is 11.4. The van der Waals surface area contributed by atoms with Gasteiger partial charge in [0.25, 0.3) is 0 Å². The Labute approximate surface area is 129 Å². The first kappa shape index (κ1) is 16.0. The highest BCUT2D eigenvalue weighted by molar-refractivity contribution is 7.99. The molecule has 0 bridgehead atoms. The summed E-state index contributed by atoms with van der Waals surface area (Å²) in [5.74, 6) is 0. The molecular weight excluding hydrogens is 304 g/mol. The van der Waals surface area contributed by atoms with Crippen LogP contribution in [0.2, 0.25) is 0 Å². The zero-order valence-electron chi connectivity index (χ0n) is 12.2. The van der Waals surface area contributed by atoms with E-state index in [1.807, 2.05) is 25.4 Å². The van der Waals surface area contributed by atoms with E-state index in [9.17, 15) is 8.42 Å². The van der Waals surface area contributed by atoms with Crippen LogP contribution in [-0.4, -0.2) is 26.7 Å². The second kappa shape index (κ2) is 6.60. The summed E-state index contributed by atoms with van der Waals surface area (Å²) in [6.07, 6.45) is 3.06. The van der Waals surface area contributed by atoms with Crippen LogP contribution >= 0.6 is 11.8 Å². The summed E-state index contributed by atoms with van der Waals surface area (Å²) in [7, 11) is -1.23. The molecule has 1 N–H and O–H groups in total. The molecule has 2 rings (SSSR count). The predicted molar refractivity (Wildman–Crippen MR) is 85.4 cm³/mol. The first-order valence-electron chi connectivity index (χ1n) is 6.51. The average Bonchev–Trinajstić information content (AvgIpc) is 2.47. The van der Waals surface area contributed by atoms with Gasteiger partial charge in [0.15, 0.2) is 9.84 Å². The molecule has 0 aliphatic heterocycles. The van der Waals surface area contributed by atoms with Gasteiger partial charge >= 0.3 is 0 Å². The number of hydrogen-bond donors (Lipinski definition) is 1. The van der Waals surface area contributed by atoms with Crippen LogP contribution in [0.1, 0.15) is 18.5 Å². The number of rotatable bonds is 5. The van der Waals surface area contributed by atoms with Crippen LogP contribution in [0, 0.1) is 0 Å². The molecule has 1 unspecified atom stereocenters. The number of sulfone groups is 1. The Balaban J connectivity index is 2.11. The molecule has 6 heteroatoms. The summed E-state index contributed by atoms with van der Waals surface area (Å²) in [5.41, 5.74) is 1.13. The second-order valence-electron chi connectivity index (χ2n) is 4.79. The molecule has 21 heavy (non-hydrogen) atoms. The molecule has 0 radical (unpaired) electrons. The Kier molecular flexibility index (Phi) is 5.03. The first-order chi connectivity index (χ1) is 9.90. The second-order valence-corrected chi connectivity index (χ2v) is 7.90. The number of nitrogens with zero attached hydrogens (tertiary/aromatic N) is 1. The van der Waals surface area contributed by atoms with Gasteiger partial charge in [-0.1, -0.05) is 17.8 Å². The zero-order valence-corrected chi connectivity index (χ0v) is 13.8. The minimum atomic E-state index is -3.14. The molecule has 0 fully saturated rings. The van der Waals surface area contributed by atoms with Gasteiger partial charge in [-0.2, -0.15) is 0 Å². The lowest BCUT2D eigenvalue weighted by Crippen LogP contribution is -2.12. The van der Waals surface area contributed by atoms with Gasteiger partial charge in [0.2, 0.25) is 0 Å². The minimum absolute atomic E-state index is 0.269. The SMILES string of the molecule is CNC(C)c1ccc(Sc2ccc(S(C)(=O)=O)cc2)nc1. The fraction of sp³-hybridized carbons (Fsp3) is 0.267. The Bertz CT molecular complexity index is 695. The van der Waals surface area contributed by atoms with Gasteiger partial charge in [-0.15, -0.1) is 0 Å². The molecule has 112 valence electrons. The van der Waals surface area contributed by atoms with E-state index in [-0.39, 0.29) is 6.04 Å². The van der Waals surface area contributed by atoms with E-state index in [1.165, 1.54) is 18.0 Å². The smallest absolute Gasteiger partial charge is 0.175 e. The lowest BCUT2D eigenvalue weighted by molar-refractivity contribution is 0.602. The third-order valence-corrected chi connectivity index (χ3v) is 5.25. The van der Waals surface area contributed by atoms with Crippen molar-refractivity contribution in [1.82, 2.24) is 10.3 Å². The largest absolute Gasteiger partial charge is 0.313 e. The highest BCUT2D eigenvalue weighted by atomic mass is 32.2. The summed E-state index contributed by atoms with van der Waals surface area (Å²) in [5, 5.41) is 4.05. The molecule has 0 spiro atoms. The fourth-order valence-electron chi connectivity index (χ4n) is 1.75. The van der Waals surface area contributed by atoms with Crippen LogP contribution in [0.15, 0.2) is 57.4 Å². The van der Waals surface area contributed by atoms with Crippen LogP contribution < -0.4 is 5.32 Å². The molecule has 1 aromatic carbocycles. The normalized spacial score (nSPS) is 13.1. The summed E-state index contributed by atoms with van der Waals surface area (Å²) in [4.78, 5) is 5.71. The van der Waals surface area contributed by atoms with Gasteiger partial charge in [-0.05, 0) is 49.9 Å². The summed E-state index contributed by atoms with van der Waals surface area (Å²) in [6, 6.07) is 11.1. The van der Waals surface area contributed by atoms with E-state index in [1.54, 1.807) is 24.3 Å². The standard InChI is InChI=1S/C15H18N2O2S2/c1-11(16-2)12-4-9-15(17-10-12)20-13-5-7-14(8-6-13)21(3,18)19/h4-11,16H,1-3H3. The van der Waals surface area contributed by atoms with E-state index < -0.39 is 9.84 Å². The van der Waals surface area contributed by atoms with Crippen molar-refractivity contribution in [1.29, 1.82) is 0 Å². The van der Waals surface area contributed by atoms with Crippen LogP contribution in [0.25, 0.3) is 0 Å². The number of aromatic nitrogens is 1. The zero-order chi connectivity index (χ0) is 15.5. The topological polar surface area (TPSA) is 59.1 Å². The molecule has 0 aliphatic carbocycles. The van der Waals surface area contributed by atoms with E-state index in [0.717, 1.165) is 15.5 Å². The fourth-order valence-corrected chi connectivity index (χ4v) is 3.14. The molecular formula is C15H18N2O2S2. The maximum Gasteiger partial charge on any atom is 0.175 e. The molecule has 0 saturated heterocycles. The highest BCUT2D eigenvalue weighted by Crippen LogP contribution is 2.27. The predicted octanol–water partition coefficient (Wildman–Crippen LogP) is 2.92. The van der Waals surface area contributed by atoms with Crippen molar-refractivity contribution in [2.24, 2.45) is 0 Å². The van der Waals surface area contributed by atoms with Gasteiger partial charge < -0.3 is 5.32 Å². The van der Waals surface area contributed by atoms with Gasteiger partial charge in [-0.25, -0.2) is 13.4 Å². The van der Waals surface area contributed by atoms with Gasteiger partial charge in [0.05, 0.1) is 4.90 Å². The van der Waals surface area contributed by atoms with Gasteiger partial charge in [0, 0.05) is 23.4 Å². The molecule has 0 saturated carbocycles. The van der Waals surface area contributed by atoms with Crippen molar-refractivity contribution in [3.8, 4) is 0 Å². The first-order valence-corrected chi connectivity index (χ1v) is 9.22. The highest BCUT2D eigenvalue weighted by Gasteiger charge is 2.07. The monoisotopic (exact) mass is 322 g/mol. The van der Waals surface area contributed by atoms with Crippen molar-refractivity contribution >= 4 is 21.6 Å². The molecule has 0 aliphatic rings. The van der Waals surface area contributed by atoms with Crippen LogP contribution in [0.5, 0.6) is 0 Å². The Morgan fingerprint density at radius 2 is 1.81 bits per heavy atom. The lowest BCUT2D eigenvalue weighted by atomic mass is 10.1. The van der Waals surface area contributed by atoms with Crippen molar-refractivity contribution < 1.29 is 8.42 Å². The number of benzene rings is 1. The van der Waals surface area contributed by atoms with Gasteiger partial charge in [0.1, 0.15) is 5.03 Å². The summed E-state index contributed by atoms with van der Waals surface area (Å²) >= 11 is 1.51. The van der Waals surface area contributed by atoms with Crippen molar-refractivity contribution in [2.45, 2.75) is 27.8 Å². The third kappa shape index (κ3) is 4.30. The quantitative estimate of drug-likeness (QED) is 0.917. The molecule has 1 aromatic heterocycles. The summed E-state index contributed by atoms with van der Waals surface area (Å²) < 4.78 is 22.8. The van der Waals surface area contributed by atoms with Crippen LogP contribution in [-0.2, 0) is 9.84 Å². The molecule has 0 amide bonds. The van der Waals surface area contributed by atoms with E-state index >= 15 is 0 Å². The summed E-state index contributed by atoms with van der Waals surface area (Å²) in [6.45, 7) is 2.08.